The highest BCUT2D eigenvalue weighted by molar-refractivity contribution is 7.22. The summed E-state index contributed by atoms with van der Waals surface area (Å²) in [5.74, 6) is -0.588. The van der Waals surface area contributed by atoms with E-state index in [-0.39, 0.29) is 17.8 Å². The fourth-order valence-electron chi connectivity index (χ4n) is 3.36. The average Bonchev–Trinajstić information content (AvgIpc) is 3.39. The number of nitrogens with zero attached hydrogens (tertiary/aromatic N) is 2. The summed E-state index contributed by atoms with van der Waals surface area (Å²) in [7, 11) is 1.61. The van der Waals surface area contributed by atoms with Crippen LogP contribution < -0.4 is 9.64 Å². The number of methoxy groups -OCH3 is 1. The van der Waals surface area contributed by atoms with Crippen LogP contribution >= 0.6 is 22.7 Å². The molecule has 1 aliphatic heterocycles. The standard InChI is InChI=1S/C20H18N2O4S2/c1-4-12(23)16-17(14-6-5-7-27-14)22(19(25)18(16)24)20-21-11-8-10(2)13(26-3)9-15(11)28-20/h5-9,17,24H,4H2,1-3H3. The highest BCUT2D eigenvalue weighted by Gasteiger charge is 2.45. The lowest BCUT2D eigenvalue weighted by Gasteiger charge is -2.22. The number of fused-ring (bicyclic) bond motifs is 1. The zero-order valence-electron chi connectivity index (χ0n) is 15.6. The Morgan fingerprint density at radius 1 is 1.39 bits per heavy atom. The predicted octanol–water partition coefficient (Wildman–Crippen LogP) is 4.55. The molecule has 0 aliphatic carbocycles. The van der Waals surface area contributed by atoms with E-state index in [1.807, 2.05) is 36.6 Å². The molecule has 0 bridgehead atoms. The quantitative estimate of drug-likeness (QED) is 0.662. The van der Waals surface area contributed by atoms with Gasteiger partial charge in [-0.1, -0.05) is 24.3 Å². The highest BCUT2D eigenvalue weighted by atomic mass is 32.1. The second-order valence-corrected chi connectivity index (χ2v) is 8.41. The molecule has 28 heavy (non-hydrogen) atoms. The minimum atomic E-state index is -0.663. The van der Waals surface area contributed by atoms with Crippen molar-refractivity contribution >= 4 is 49.7 Å². The van der Waals surface area contributed by atoms with Crippen LogP contribution in [0.25, 0.3) is 10.2 Å². The van der Waals surface area contributed by atoms with Gasteiger partial charge < -0.3 is 9.84 Å². The lowest BCUT2D eigenvalue weighted by Crippen LogP contribution is -2.30. The number of benzene rings is 1. The molecule has 0 spiro atoms. The Bertz CT molecular complexity index is 1110. The molecular weight excluding hydrogens is 396 g/mol. The Labute approximate surface area is 169 Å². The van der Waals surface area contributed by atoms with E-state index in [0.29, 0.717) is 5.13 Å². The number of ether oxygens (including phenoxy) is 1. The SMILES string of the molecule is CCC(=O)C1=C(O)C(=O)N(c2nc3cc(C)c(OC)cc3s2)C1c1cccs1. The lowest BCUT2D eigenvalue weighted by atomic mass is 10.0. The highest BCUT2D eigenvalue weighted by Crippen LogP contribution is 2.45. The number of aryl methyl sites for hydroxylation is 1. The minimum absolute atomic E-state index is 0.142. The maximum Gasteiger partial charge on any atom is 0.296 e. The fraction of sp³-hybridized carbons (Fsp3) is 0.250. The van der Waals surface area contributed by atoms with Crippen LogP contribution in [-0.2, 0) is 9.59 Å². The van der Waals surface area contributed by atoms with Crippen molar-refractivity contribution in [3.05, 3.63) is 51.4 Å². The first-order valence-electron chi connectivity index (χ1n) is 8.74. The number of thiazole rings is 1. The Hall–Kier alpha value is -2.71. The molecular formula is C20H18N2O4S2. The molecule has 0 saturated heterocycles. The predicted molar refractivity (Wildman–Crippen MR) is 110 cm³/mol. The van der Waals surface area contributed by atoms with Crippen molar-refractivity contribution in [2.24, 2.45) is 0 Å². The first-order valence-corrected chi connectivity index (χ1v) is 10.4. The summed E-state index contributed by atoms with van der Waals surface area (Å²) in [6.45, 7) is 3.64. The molecule has 1 N–H and O–H groups in total. The third kappa shape index (κ3) is 2.80. The molecule has 0 fully saturated rings. The monoisotopic (exact) mass is 414 g/mol. The number of Topliss-reactive ketones (excluding diaryl/α,β-unsaturated/α-hetero) is 1. The molecule has 1 aliphatic rings. The number of carbonyl (C=O) groups excluding carboxylic acids is 2. The molecule has 3 heterocycles. The summed E-state index contributed by atoms with van der Waals surface area (Å²) in [4.78, 5) is 32.3. The molecule has 2 aromatic heterocycles. The van der Waals surface area contributed by atoms with E-state index in [9.17, 15) is 14.7 Å². The molecule has 1 atom stereocenters. The number of ketones is 1. The lowest BCUT2D eigenvalue weighted by molar-refractivity contribution is -0.118. The molecule has 0 radical (unpaired) electrons. The van der Waals surface area contributed by atoms with Crippen LogP contribution in [0.3, 0.4) is 0 Å². The number of hydrogen-bond donors (Lipinski definition) is 1. The molecule has 6 nitrogen and oxygen atoms in total. The number of thiophene rings is 1. The second kappa shape index (κ2) is 7.03. The summed E-state index contributed by atoms with van der Waals surface area (Å²) < 4.78 is 6.24. The average molecular weight is 415 g/mol. The van der Waals surface area contributed by atoms with Gasteiger partial charge in [0.2, 0.25) is 0 Å². The van der Waals surface area contributed by atoms with E-state index in [2.05, 4.69) is 4.98 Å². The van der Waals surface area contributed by atoms with Gasteiger partial charge >= 0.3 is 0 Å². The fourth-order valence-corrected chi connectivity index (χ4v) is 5.19. The van der Waals surface area contributed by atoms with Crippen LogP contribution in [0.4, 0.5) is 5.13 Å². The molecule has 1 amide bonds. The van der Waals surface area contributed by atoms with Gasteiger partial charge in [-0.3, -0.25) is 14.5 Å². The van der Waals surface area contributed by atoms with Crippen molar-refractivity contribution in [1.29, 1.82) is 0 Å². The van der Waals surface area contributed by atoms with Gasteiger partial charge in [0.15, 0.2) is 16.7 Å². The van der Waals surface area contributed by atoms with Crippen molar-refractivity contribution in [3.8, 4) is 5.75 Å². The van der Waals surface area contributed by atoms with Gasteiger partial charge in [0.25, 0.3) is 5.91 Å². The van der Waals surface area contributed by atoms with Crippen molar-refractivity contribution in [2.45, 2.75) is 26.3 Å². The van der Waals surface area contributed by atoms with Gasteiger partial charge in [-0.25, -0.2) is 4.98 Å². The molecule has 144 valence electrons. The molecule has 3 aromatic rings. The number of carbonyl (C=O) groups is 2. The number of anilines is 1. The Kier molecular flexibility index (Phi) is 4.68. The van der Waals surface area contributed by atoms with Crippen molar-refractivity contribution < 1.29 is 19.4 Å². The second-order valence-electron chi connectivity index (χ2n) is 6.42. The molecule has 1 aromatic carbocycles. The normalized spacial score (nSPS) is 17.0. The van der Waals surface area contributed by atoms with Gasteiger partial charge in [-0.15, -0.1) is 11.3 Å². The van der Waals surface area contributed by atoms with Crippen LogP contribution in [0.2, 0.25) is 0 Å². The van der Waals surface area contributed by atoms with Crippen LogP contribution in [0, 0.1) is 6.92 Å². The third-order valence-electron chi connectivity index (χ3n) is 4.74. The van der Waals surface area contributed by atoms with E-state index < -0.39 is 17.7 Å². The van der Waals surface area contributed by atoms with Gasteiger partial charge in [0.05, 0.1) is 22.9 Å². The van der Waals surface area contributed by atoms with Crippen LogP contribution in [0.15, 0.2) is 41.0 Å². The van der Waals surface area contributed by atoms with E-state index in [1.54, 1.807) is 14.0 Å². The molecule has 0 saturated carbocycles. The van der Waals surface area contributed by atoms with E-state index in [4.69, 9.17) is 4.74 Å². The summed E-state index contributed by atoms with van der Waals surface area (Å²) >= 11 is 2.77. The molecule has 8 heteroatoms. The number of aromatic nitrogens is 1. The van der Waals surface area contributed by atoms with Crippen molar-refractivity contribution in [2.75, 3.05) is 12.0 Å². The number of hydrogen-bond acceptors (Lipinski definition) is 7. The Morgan fingerprint density at radius 3 is 2.82 bits per heavy atom. The largest absolute Gasteiger partial charge is 0.503 e. The van der Waals surface area contributed by atoms with Crippen LogP contribution in [-0.4, -0.2) is 28.9 Å². The van der Waals surface area contributed by atoms with Crippen molar-refractivity contribution in [1.82, 2.24) is 4.98 Å². The van der Waals surface area contributed by atoms with E-state index >= 15 is 0 Å². The number of aliphatic hydroxyl groups is 1. The maximum absolute atomic E-state index is 12.9. The maximum atomic E-state index is 12.9. The van der Waals surface area contributed by atoms with E-state index in [1.165, 1.54) is 27.6 Å². The Balaban J connectivity index is 1.87. The summed E-state index contributed by atoms with van der Waals surface area (Å²) in [6, 6.07) is 6.84. The number of rotatable bonds is 5. The molecule has 4 rings (SSSR count). The first-order chi connectivity index (χ1) is 13.5. The topological polar surface area (TPSA) is 79.7 Å². The summed E-state index contributed by atoms with van der Waals surface area (Å²) in [6.07, 6.45) is 0.207. The zero-order valence-corrected chi connectivity index (χ0v) is 17.2. The van der Waals surface area contributed by atoms with Crippen LogP contribution in [0.5, 0.6) is 5.75 Å². The summed E-state index contributed by atoms with van der Waals surface area (Å²) in [5.41, 5.74) is 1.82. The van der Waals surface area contributed by atoms with Crippen LogP contribution in [0.1, 0.15) is 29.8 Å². The van der Waals surface area contributed by atoms with Gasteiger partial charge in [0, 0.05) is 11.3 Å². The first kappa shape index (κ1) is 18.6. The van der Waals surface area contributed by atoms with Gasteiger partial charge in [0.1, 0.15) is 11.8 Å². The van der Waals surface area contributed by atoms with Crippen molar-refractivity contribution in [3.63, 3.8) is 0 Å². The third-order valence-corrected chi connectivity index (χ3v) is 6.68. The minimum Gasteiger partial charge on any atom is -0.503 e. The smallest absolute Gasteiger partial charge is 0.296 e. The Morgan fingerprint density at radius 2 is 2.18 bits per heavy atom. The zero-order chi connectivity index (χ0) is 20.0. The number of aliphatic hydroxyl groups excluding tert-OH is 1. The molecule has 1 unspecified atom stereocenters. The van der Waals surface area contributed by atoms with E-state index in [0.717, 1.165) is 26.4 Å². The summed E-state index contributed by atoms with van der Waals surface area (Å²) in [5, 5.41) is 12.8. The van der Waals surface area contributed by atoms with Gasteiger partial charge in [-0.2, -0.15) is 0 Å². The number of amides is 1. The van der Waals surface area contributed by atoms with Gasteiger partial charge in [-0.05, 0) is 36.1 Å².